The number of hydrogen-bond acceptors (Lipinski definition) is 3. The molecule has 1 unspecified atom stereocenters. The van der Waals surface area contributed by atoms with E-state index in [2.05, 4.69) is 15.2 Å². The van der Waals surface area contributed by atoms with Gasteiger partial charge >= 0.3 is 0 Å². The summed E-state index contributed by atoms with van der Waals surface area (Å²) in [5.41, 5.74) is 6.96. The van der Waals surface area contributed by atoms with Crippen LogP contribution in [-0.2, 0) is 0 Å². The van der Waals surface area contributed by atoms with E-state index in [1.54, 1.807) is 0 Å². The fourth-order valence-electron chi connectivity index (χ4n) is 3.46. The van der Waals surface area contributed by atoms with E-state index in [9.17, 15) is 0 Å². The van der Waals surface area contributed by atoms with Gasteiger partial charge in [0.25, 0.3) is 0 Å². The van der Waals surface area contributed by atoms with Gasteiger partial charge in [0.05, 0.1) is 0 Å². The van der Waals surface area contributed by atoms with Crippen LogP contribution < -0.4 is 15.8 Å². The van der Waals surface area contributed by atoms with Crippen molar-refractivity contribution in [3.05, 3.63) is 54.6 Å². The molecule has 26 heavy (non-hydrogen) atoms. The first kappa shape index (κ1) is 16.9. The molecular weight excluding hydrogens is 324 g/mol. The highest BCUT2D eigenvalue weighted by Gasteiger charge is 2.34. The lowest BCUT2D eigenvalue weighted by atomic mass is 10.1. The highest BCUT2D eigenvalue weighted by atomic mass is 16.5. The summed E-state index contributed by atoms with van der Waals surface area (Å²) in [6, 6.07) is 18.4. The maximum atomic E-state index is 6.08. The third-order valence-electron chi connectivity index (χ3n) is 4.99. The van der Waals surface area contributed by atoms with Gasteiger partial charge < -0.3 is 20.7 Å². The average Bonchev–Trinajstić information content (AvgIpc) is 3.39. The average molecular weight is 350 g/mol. The fourth-order valence-corrected chi connectivity index (χ4v) is 3.46. The Kier molecular flexibility index (Phi) is 5.07. The number of nitrogens with two attached hydrogens (primary N) is 1. The van der Waals surface area contributed by atoms with Gasteiger partial charge in [-0.15, -0.1) is 0 Å². The van der Waals surface area contributed by atoms with Gasteiger partial charge in [-0.05, 0) is 56.0 Å². The smallest absolute Gasteiger partial charge is 0.193 e. The Morgan fingerprint density at radius 1 is 1.08 bits per heavy atom. The molecule has 136 valence electrons. The van der Waals surface area contributed by atoms with Gasteiger partial charge in [0, 0.05) is 30.9 Å². The zero-order valence-electron chi connectivity index (χ0n) is 15.0. The molecular formula is C21H26N4O. The van der Waals surface area contributed by atoms with Crippen LogP contribution in [0.25, 0.3) is 0 Å². The largest absolute Gasteiger partial charge is 0.457 e. The van der Waals surface area contributed by atoms with E-state index < -0.39 is 0 Å². The third-order valence-corrected chi connectivity index (χ3v) is 4.99. The Hall–Kier alpha value is -2.53. The lowest BCUT2D eigenvalue weighted by molar-refractivity contribution is 0.315. The molecule has 2 aromatic carbocycles. The highest BCUT2D eigenvalue weighted by Crippen LogP contribution is 2.31. The van der Waals surface area contributed by atoms with Crippen LogP contribution in [0.3, 0.4) is 0 Å². The first-order chi connectivity index (χ1) is 12.8. The lowest BCUT2D eigenvalue weighted by Gasteiger charge is -2.14. The van der Waals surface area contributed by atoms with Crippen molar-refractivity contribution in [1.82, 2.24) is 4.90 Å². The summed E-state index contributed by atoms with van der Waals surface area (Å²) < 4.78 is 5.86. The van der Waals surface area contributed by atoms with E-state index in [0.717, 1.165) is 29.8 Å². The van der Waals surface area contributed by atoms with E-state index in [0.29, 0.717) is 11.9 Å². The van der Waals surface area contributed by atoms with Crippen LogP contribution in [0.15, 0.2) is 59.6 Å². The number of nitrogens with one attached hydrogen (secondary N) is 1. The second kappa shape index (κ2) is 7.79. The van der Waals surface area contributed by atoms with E-state index in [4.69, 9.17) is 10.5 Å². The normalized spacial score (nSPS) is 20.9. The number of nitrogens with zero attached hydrogens (tertiary/aromatic N) is 2. The molecule has 5 nitrogen and oxygen atoms in total. The van der Waals surface area contributed by atoms with Gasteiger partial charge in [0.2, 0.25) is 0 Å². The molecule has 1 heterocycles. The van der Waals surface area contributed by atoms with Crippen LogP contribution in [-0.4, -0.2) is 36.5 Å². The van der Waals surface area contributed by atoms with Gasteiger partial charge in [-0.3, -0.25) is 4.99 Å². The Bertz CT molecular complexity index is 758. The number of benzene rings is 2. The summed E-state index contributed by atoms with van der Waals surface area (Å²) in [7, 11) is 0. The SMILES string of the molecule is NC(=NCC1CCN(C2CC2)C1)Nc1cccc(Oc2ccccc2)c1. The molecule has 0 bridgehead atoms. The van der Waals surface area contributed by atoms with Crippen molar-refractivity contribution >= 4 is 11.6 Å². The predicted octanol–water partition coefficient (Wildman–Crippen LogP) is 3.69. The monoisotopic (exact) mass is 350 g/mol. The van der Waals surface area contributed by atoms with Crippen LogP contribution in [0.2, 0.25) is 0 Å². The fraction of sp³-hybridized carbons (Fsp3) is 0.381. The molecule has 0 aromatic heterocycles. The van der Waals surface area contributed by atoms with Crippen LogP contribution >= 0.6 is 0 Å². The quantitative estimate of drug-likeness (QED) is 0.616. The Labute approximate surface area is 154 Å². The highest BCUT2D eigenvalue weighted by molar-refractivity contribution is 5.92. The molecule has 1 aliphatic carbocycles. The molecule has 2 aliphatic rings. The Morgan fingerprint density at radius 2 is 1.88 bits per heavy atom. The van der Waals surface area contributed by atoms with E-state index in [1.165, 1.54) is 32.4 Å². The first-order valence-electron chi connectivity index (χ1n) is 9.40. The summed E-state index contributed by atoms with van der Waals surface area (Å²) in [5.74, 6) is 2.67. The molecule has 4 rings (SSSR count). The summed E-state index contributed by atoms with van der Waals surface area (Å²) >= 11 is 0. The molecule has 5 heteroatoms. The van der Waals surface area contributed by atoms with Crippen molar-refractivity contribution in [3.63, 3.8) is 0 Å². The van der Waals surface area contributed by atoms with Crippen molar-refractivity contribution < 1.29 is 4.74 Å². The first-order valence-corrected chi connectivity index (χ1v) is 9.40. The second-order valence-corrected chi connectivity index (χ2v) is 7.17. The summed E-state index contributed by atoms with van der Waals surface area (Å²) in [5, 5.41) is 3.17. The molecule has 1 atom stereocenters. The summed E-state index contributed by atoms with van der Waals surface area (Å²) in [6.07, 6.45) is 3.98. The third kappa shape index (κ3) is 4.55. The van der Waals surface area contributed by atoms with Crippen molar-refractivity contribution in [2.45, 2.75) is 25.3 Å². The molecule has 3 N–H and O–H groups in total. The minimum atomic E-state index is 0.465. The predicted molar refractivity (Wildman–Crippen MR) is 106 cm³/mol. The van der Waals surface area contributed by atoms with Gasteiger partial charge in [-0.25, -0.2) is 0 Å². The number of rotatable bonds is 6. The molecule has 1 saturated carbocycles. The van der Waals surface area contributed by atoms with Crippen LogP contribution in [0.1, 0.15) is 19.3 Å². The van der Waals surface area contributed by atoms with Crippen LogP contribution in [0.4, 0.5) is 5.69 Å². The number of ether oxygens (including phenoxy) is 1. The van der Waals surface area contributed by atoms with Crippen molar-refractivity contribution in [1.29, 1.82) is 0 Å². The zero-order chi connectivity index (χ0) is 17.8. The zero-order valence-corrected chi connectivity index (χ0v) is 15.0. The van der Waals surface area contributed by atoms with Crippen LogP contribution in [0.5, 0.6) is 11.5 Å². The van der Waals surface area contributed by atoms with Crippen molar-refractivity contribution in [3.8, 4) is 11.5 Å². The van der Waals surface area contributed by atoms with Crippen molar-refractivity contribution in [2.24, 2.45) is 16.6 Å². The standard InChI is InChI=1S/C21H26N4O/c22-21(23-14-16-11-12-25(15-16)18-9-10-18)24-17-5-4-8-20(13-17)26-19-6-2-1-3-7-19/h1-8,13,16,18H,9-12,14-15H2,(H3,22,23,24). The molecule has 1 saturated heterocycles. The maximum Gasteiger partial charge on any atom is 0.193 e. The molecule has 1 aliphatic heterocycles. The summed E-state index contributed by atoms with van der Waals surface area (Å²) in [4.78, 5) is 7.15. The number of likely N-dealkylation sites (tertiary alicyclic amines) is 1. The Balaban J connectivity index is 1.31. The molecule has 2 aromatic rings. The number of hydrogen-bond donors (Lipinski definition) is 2. The number of para-hydroxylation sites is 1. The molecule has 0 amide bonds. The van der Waals surface area contributed by atoms with Crippen LogP contribution in [0, 0.1) is 5.92 Å². The van der Waals surface area contributed by atoms with Gasteiger partial charge in [-0.2, -0.15) is 0 Å². The molecule has 0 radical (unpaired) electrons. The molecule has 2 fully saturated rings. The number of aliphatic imine (C=N–C) groups is 1. The maximum absolute atomic E-state index is 6.08. The van der Waals surface area contributed by atoms with Crippen molar-refractivity contribution in [2.75, 3.05) is 25.0 Å². The van der Waals surface area contributed by atoms with Gasteiger partial charge in [0.15, 0.2) is 5.96 Å². The topological polar surface area (TPSA) is 62.9 Å². The number of guanidine groups is 1. The van der Waals surface area contributed by atoms with Gasteiger partial charge in [-0.1, -0.05) is 24.3 Å². The van der Waals surface area contributed by atoms with E-state index >= 15 is 0 Å². The minimum absolute atomic E-state index is 0.465. The summed E-state index contributed by atoms with van der Waals surface area (Å²) in [6.45, 7) is 3.18. The number of anilines is 1. The van der Waals surface area contributed by atoms with E-state index in [1.807, 2.05) is 54.6 Å². The van der Waals surface area contributed by atoms with E-state index in [-0.39, 0.29) is 0 Å². The minimum Gasteiger partial charge on any atom is -0.457 e. The lowest BCUT2D eigenvalue weighted by Crippen LogP contribution is -2.25. The Morgan fingerprint density at radius 3 is 2.69 bits per heavy atom. The van der Waals surface area contributed by atoms with Gasteiger partial charge in [0.1, 0.15) is 11.5 Å². The molecule has 0 spiro atoms. The second-order valence-electron chi connectivity index (χ2n) is 7.17.